The van der Waals surface area contributed by atoms with Crippen LogP contribution < -0.4 is 0 Å². The molecule has 6 heteroatoms. The number of aliphatic hydroxyl groups is 2. The van der Waals surface area contributed by atoms with Gasteiger partial charge in [0.25, 0.3) is 0 Å². The lowest BCUT2D eigenvalue weighted by Crippen LogP contribution is -2.69. The third kappa shape index (κ3) is 3.31. The van der Waals surface area contributed by atoms with Crippen LogP contribution in [0.25, 0.3) is 0 Å². The van der Waals surface area contributed by atoms with Crippen LogP contribution in [0.5, 0.6) is 0 Å². The van der Waals surface area contributed by atoms with E-state index >= 15 is 0 Å². The third-order valence-electron chi connectivity index (χ3n) is 13.7. The number of carboxylic acid groups (broad SMARTS) is 1. The number of hydrogen-bond acceptors (Lipinski definition) is 5. The molecule has 0 saturated heterocycles. The minimum atomic E-state index is -1.07. The number of fused-ring (bicyclic) bond motifs is 7. The fraction of sp³-hybridized carbons (Fsp3) is 0.875. The summed E-state index contributed by atoms with van der Waals surface area (Å²) in [5, 5.41) is 33.9. The molecule has 214 valence electrons. The maximum atomic E-state index is 12.9. The van der Waals surface area contributed by atoms with Gasteiger partial charge in [0.1, 0.15) is 6.10 Å². The topological polar surface area (TPSA) is 104 Å². The van der Waals surface area contributed by atoms with Crippen LogP contribution in [0.1, 0.15) is 107 Å². The predicted octanol–water partition coefficient (Wildman–Crippen LogP) is 5.75. The summed E-state index contributed by atoms with van der Waals surface area (Å²) in [6, 6.07) is 0. The number of aliphatic carboxylic acids is 1. The molecule has 5 rings (SSSR count). The standard InChI is InChI=1S/C32H50O6/c1-18-11-14-32(26(35)36)16-15-29(6)20(24(32)31(18,8)37)9-10-23-28(5)17-21(34)25(38-19(2)33)27(3,4)22(28)12-13-30(23,29)7/h9,18,21-25,34,37H,10-17H2,1-8H3,(H,35,36)/t18-,21-,22-,23-,24-,25+,28+,29-,30-,31-,32+/m1/s1. The van der Waals surface area contributed by atoms with Crippen LogP contribution >= 0.6 is 0 Å². The van der Waals surface area contributed by atoms with Gasteiger partial charge in [0.15, 0.2) is 0 Å². The third-order valence-corrected chi connectivity index (χ3v) is 13.7. The van der Waals surface area contributed by atoms with Crippen LogP contribution in [0, 0.1) is 50.7 Å². The highest BCUT2D eigenvalue weighted by Crippen LogP contribution is 2.76. The highest BCUT2D eigenvalue weighted by atomic mass is 16.6. The smallest absolute Gasteiger partial charge is 0.310 e. The second-order valence-electron chi connectivity index (χ2n) is 15.5. The molecule has 4 fully saturated rings. The molecule has 0 bridgehead atoms. The predicted molar refractivity (Wildman–Crippen MR) is 145 cm³/mol. The Bertz CT molecular complexity index is 1060. The zero-order valence-corrected chi connectivity index (χ0v) is 24.8. The van der Waals surface area contributed by atoms with Crippen molar-refractivity contribution in [2.24, 2.45) is 50.7 Å². The van der Waals surface area contributed by atoms with Crippen LogP contribution in [0.4, 0.5) is 0 Å². The minimum absolute atomic E-state index is 0.0366. The SMILES string of the molecule is CC(=O)O[C@H]1[C@H](O)C[C@@]2(C)[C@H](CC[C@]3(C)[C@@H]2CC=C2[C@H]4[C@](C(=O)O)(CC[C@@H](C)[C@@]4(C)O)CC[C@]23C)C1(C)C. The molecular formula is C32H50O6. The zero-order valence-electron chi connectivity index (χ0n) is 24.8. The van der Waals surface area contributed by atoms with Crippen LogP contribution in [0.15, 0.2) is 11.6 Å². The number of carbonyl (C=O) groups excluding carboxylic acids is 1. The van der Waals surface area contributed by atoms with Crippen molar-refractivity contribution in [3.8, 4) is 0 Å². The van der Waals surface area contributed by atoms with E-state index in [1.165, 1.54) is 12.5 Å². The second-order valence-corrected chi connectivity index (χ2v) is 15.5. The largest absolute Gasteiger partial charge is 0.481 e. The van der Waals surface area contributed by atoms with E-state index in [9.17, 15) is 24.9 Å². The van der Waals surface area contributed by atoms with Gasteiger partial charge in [-0.2, -0.15) is 0 Å². The lowest BCUT2D eigenvalue weighted by molar-refractivity contribution is -0.242. The Morgan fingerprint density at radius 1 is 0.974 bits per heavy atom. The summed E-state index contributed by atoms with van der Waals surface area (Å²) in [4.78, 5) is 24.8. The minimum Gasteiger partial charge on any atom is -0.481 e. The molecule has 0 aromatic heterocycles. The molecule has 0 aromatic rings. The lowest BCUT2D eigenvalue weighted by atomic mass is 9.33. The molecule has 0 radical (unpaired) electrons. The van der Waals surface area contributed by atoms with Crippen molar-refractivity contribution in [2.75, 3.05) is 0 Å². The highest BCUT2D eigenvalue weighted by Gasteiger charge is 2.72. The molecule has 0 aliphatic heterocycles. The normalized spacial score (nSPS) is 53.4. The molecule has 3 N–H and O–H groups in total. The molecule has 5 aliphatic rings. The number of rotatable bonds is 2. The molecule has 38 heavy (non-hydrogen) atoms. The van der Waals surface area contributed by atoms with Crippen LogP contribution in [-0.2, 0) is 14.3 Å². The molecular weight excluding hydrogens is 480 g/mol. The Labute approximate surface area is 228 Å². The number of carboxylic acids is 1. The summed E-state index contributed by atoms with van der Waals surface area (Å²) in [6.45, 7) is 16.8. The van der Waals surface area contributed by atoms with Gasteiger partial charge in [-0.3, -0.25) is 9.59 Å². The number of hydrogen-bond donors (Lipinski definition) is 3. The molecule has 0 amide bonds. The molecule has 0 aromatic carbocycles. The molecule has 6 nitrogen and oxygen atoms in total. The van der Waals surface area contributed by atoms with Gasteiger partial charge in [0.05, 0.1) is 17.1 Å². The van der Waals surface area contributed by atoms with Crippen molar-refractivity contribution >= 4 is 11.9 Å². The average molecular weight is 531 g/mol. The average Bonchev–Trinajstić information content (AvgIpc) is 2.79. The first-order valence-corrected chi connectivity index (χ1v) is 14.9. The van der Waals surface area contributed by atoms with Gasteiger partial charge in [-0.05, 0) is 92.3 Å². The van der Waals surface area contributed by atoms with Gasteiger partial charge in [-0.15, -0.1) is 0 Å². The second kappa shape index (κ2) is 8.31. The maximum absolute atomic E-state index is 12.9. The van der Waals surface area contributed by atoms with Crippen molar-refractivity contribution in [1.82, 2.24) is 0 Å². The van der Waals surface area contributed by atoms with Gasteiger partial charge in [-0.1, -0.05) is 53.2 Å². The van der Waals surface area contributed by atoms with E-state index in [0.717, 1.165) is 32.1 Å². The first-order valence-electron chi connectivity index (χ1n) is 14.9. The van der Waals surface area contributed by atoms with E-state index in [1.807, 2.05) is 6.92 Å². The summed E-state index contributed by atoms with van der Waals surface area (Å²) >= 11 is 0. The van der Waals surface area contributed by atoms with Crippen LogP contribution in [0.3, 0.4) is 0 Å². The summed E-state index contributed by atoms with van der Waals surface area (Å²) in [7, 11) is 0. The Hall–Kier alpha value is -1.40. The maximum Gasteiger partial charge on any atom is 0.310 e. The fourth-order valence-electron chi connectivity index (χ4n) is 11.4. The number of ether oxygens (including phenoxy) is 1. The van der Waals surface area contributed by atoms with Crippen molar-refractivity contribution in [3.05, 3.63) is 11.6 Å². The monoisotopic (exact) mass is 530 g/mol. The van der Waals surface area contributed by atoms with E-state index in [-0.39, 0.29) is 39.5 Å². The number of esters is 1. The molecule has 4 saturated carbocycles. The van der Waals surface area contributed by atoms with E-state index in [2.05, 4.69) is 47.6 Å². The van der Waals surface area contributed by atoms with Gasteiger partial charge in [0, 0.05) is 18.3 Å². The number of aliphatic hydroxyl groups excluding tert-OH is 1. The molecule has 0 spiro atoms. The Morgan fingerprint density at radius 3 is 2.24 bits per heavy atom. The van der Waals surface area contributed by atoms with E-state index in [4.69, 9.17) is 4.74 Å². The van der Waals surface area contributed by atoms with Crippen molar-refractivity contribution in [1.29, 1.82) is 0 Å². The van der Waals surface area contributed by atoms with E-state index in [1.54, 1.807) is 0 Å². The quantitative estimate of drug-likeness (QED) is 0.310. The number of carbonyl (C=O) groups is 2. The molecule has 0 heterocycles. The number of allylic oxidation sites excluding steroid dienone is 1. The van der Waals surface area contributed by atoms with Crippen molar-refractivity contribution < 1.29 is 29.6 Å². The van der Waals surface area contributed by atoms with Gasteiger partial charge < -0.3 is 20.1 Å². The van der Waals surface area contributed by atoms with Crippen LogP contribution in [0.2, 0.25) is 0 Å². The summed E-state index contributed by atoms with van der Waals surface area (Å²) in [5.41, 5.74) is -1.64. The molecule has 0 unspecified atom stereocenters. The Kier molecular flexibility index (Phi) is 6.16. The summed E-state index contributed by atoms with van der Waals surface area (Å²) in [5.74, 6) is -0.859. The first kappa shape index (κ1) is 28.1. The highest BCUT2D eigenvalue weighted by molar-refractivity contribution is 5.77. The van der Waals surface area contributed by atoms with Gasteiger partial charge >= 0.3 is 11.9 Å². The fourth-order valence-corrected chi connectivity index (χ4v) is 11.4. The molecule has 5 aliphatic carbocycles. The van der Waals surface area contributed by atoms with Crippen molar-refractivity contribution in [3.63, 3.8) is 0 Å². The van der Waals surface area contributed by atoms with E-state index < -0.39 is 29.2 Å². The zero-order chi connectivity index (χ0) is 28.3. The molecule has 11 atom stereocenters. The summed E-state index contributed by atoms with van der Waals surface area (Å²) < 4.78 is 5.72. The van der Waals surface area contributed by atoms with Gasteiger partial charge in [-0.25, -0.2) is 0 Å². The first-order chi connectivity index (χ1) is 17.4. The Morgan fingerprint density at radius 2 is 1.63 bits per heavy atom. The van der Waals surface area contributed by atoms with Gasteiger partial charge in [0.2, 0.25) is 0 Å². The Balaban J connectivity index is 1.61. The summed E-state index contributed by atoms with van der Waals surface area (Å²) in [6.07, 6.45) is 7.24. The lowest BCUT2D eigenvalue weighted by Gasteiger charge is -2.72. The van der Waals surface area contributed by atoms with E-state index in [0.29, 0.717) is 31.1 Å². The van der Waals surface area contributed by atoms with Crippen LogP contribution in [-0.4, -0.2) is 45.1 Å². The van der Waals surface area contributed by atoms with Crippen molar-refractivity contribution in [2.45, 2.75) is 125 Å².